The zero-order valence-electron chi connectivity index (χ0n) is 14.2. The van der Waals surface area contributed by atoms with Gasteiger partial charge in [-0.15, -0.1) is 0 Å². The molecule has 5 heteroatoms. The van der Waals surface area contributed by atoms with Crippen LogP contribution in [0.4, 0.5) is 0 Å². The molecular formula is C21H15Cl3N2. The summed E-state index contributed by atoms with van der Waals surface area (Å²) in [5.74, 6) is 0. The van der Waals surface area contributed by atoms with Gasteiger partial charge in [-0.1, -0.05) is 40.9 Å². The van der Waals surface area contributed by atoms with Gasteiger partial charge in [0.25, 0.3) is 0 Å². The first kappa shape index (κ1) is 18.6. The average molecular weight is 402 g/mol. The summed E-state index contributed by atoms with van der Waals surface area (Å²) < 4.78 is 2.13. The van der Waals surface area contributed by atoms with Crippen LogP contribution < -0.4 is 0 Å². The van der Waals surface area contributed by atoms with Crippen molar-refractivity contribution in [3.63, 3.8) is 0 Å². The first-order chi connectivity index (χ1) is 12.4. The van der Waals surface area contributed by atoms with E-state index in [-0.39, 0.29) is 0 Å². The van der Waals surface area contributed by atoms with Crippen LogP contribution in [0.1, 0.15) is 22.5 Å². The normalized spacial score (nSPS) is 11.5. The Morgan fingerprint density at radius 3 is 2.23 bits per heavy atom. The minimum absolute atomic E-state index is 0.455. The molecule has 0 N–H and O–H groups in total. The number of benzene rings is 2. The minimum atomic E-state index is 0.455. The highest BCUT2D eigenvalue weighted by Crippen LogP contribution is 2.30. The fraction of sp³-hybridized carbons (Fsp3) is 0.0952. The lowest BCUT2D eigenvalue weighted by molar-refractivity contribution is 0.964. The van der Waals surface area contributed by atoms with Gasteiger partial charge in [0.2, 0.25) is 0 Å². The van der Waals surface area contributed by atoms with Crippen LogP contribution in [0.3, 0.4) is 0 Å². The summed E-state index contributed by atoms with van der Waals surface area (Å²) in [5.41, 5.74) is 5.23. The summed E-state index contributed by atoms with van der Waals surface area (Å²) in [6, 6.07) is 17.1. The highest BCUT2D eigenvalue weighted by atomic mass is 35.5. The van der Waals surface area contributed by atoms with E-state index in [4.69, 9.17) is 34.8 Å². The van der Waals surface area contributed by atoms with Crippen LogP contribution in [0.5, 0.6) is 0 Å². The van der Waals surface area contributed by atoms with Crippen molar-refractivity contribution in [1.29, 1.82) is 5.26 Å². The van der Waals surface area contributed by atoms with Crippen molar-refractivity contribution in [2.24, 2.45) is 0 Å². The van der Waals surface area contributed by atoms with Crippen LogP contribution in [-0.4, -0.2) is 4.57 Å². The summed E-state index contributed by atoms with van der Waals surface area (Å²) in [6.07, 6.45) is 1.85. The number of aromatic nitrogens is 1. The van der Waals surface area contributed by atoms with E-state index in [1.807, 2.05) is 50.3 Å². The van der Waals surface area contributed by atoms with Crippen molar-refractivity contribution in [2.75, 3.05) is 0 Å². The largest absolute Gasteiger partial charge is 0.318 e. The van der Waals surface area contributed by atoms with Crippen LogP contribution in [0.15, 0.2) is 48.5 Å². The molecule has 130 valence electrons. The Morgan fingerprint density at radius 2 is 1.62 bits per heavy atom. The van der Waals surface area contributed by atoms with Gasteiger partial charge in [0.05, 0.1) is 16.7 Å². The number of hydrogen-bond donors (Lipinski definition) is 0. The zero-order chi connectivity index (χ0) is 18.8. The molecular weight excluding hydrogens is 387 g/mol. The standard InChI is InChI=1S/C21H15Cl3N2/c1-13-9-15(14(2)26(13)19-6-3-17(22)4-7-19)10-16(12-25)20-8-5-18(23)11-21(20)24/h3-11H,1-2H3/b16-10-. The van der Waals surface area contributed by atoms with E-state index in [1.165, 1.54) is 0 Å². The lowest BCUT2D eigenvalue weighted by atomic mass is 10.0. The first-order valence-corrected chi connectivity index (χ1v) is 9.06. The fourth-order valence-electron chi connectivity index (χ4n) is 2.95. The highest BCUT2D eigenvalue weighted by molar-refractivity contribution is 6.36. The second-order valence-electron chi connectivity index (χ2n) is 5.93. The maximum absolute atomic E-state index is 9.62. The highest BCUT2D eigenvalue weighted by Gasteiger charge is 2.12. The molecule has 3 aromatic rings. The Morgan fingerprint density at radius 1 is 0.962 bits per heavy atom. The summed E-state index contributed by atoms with van der Waals surface area (Å²) in [7, 11) is 0. The lowest BCUT2D eigenvalue weighted by Crippen LogP contribution is -1.98. The SMILES string of the molecule is Cc1cc(/C=C(/C#N)c2ccc(Cl)cc2Cl)c(C)n1-c1ccc(Cl)cc1. The topological polar surface area (TPSA) is 28.7 Å². The van der Waals surface area contributed by atoms with Gasteiger partial charge in [-0.05, 0) is 68.0 Å². The van der Waals surface area contributed by atoms with Crippen molar-refractivity contribution in [1.82, 2.24) is 4.57 Å². The predicted molar refractivity (Wildman–Crippen MR) is 110 cm³/mol. The first-order valence-electron chi connectivity index (χ1n) is 7.93. The van der Waals surface area contributed by atoms with E-state index in [2.05, 4.69) is 10.6 Å². The summed E-state index contributed by atoms with van der Waals surface area (Å²) in [5, 5.41) is 11.3. The third-order valence-electron chi connectivity index (χ3n) is 4.20. The number of aryl methyl sites for hydroxylation is 1. The molecule has 0 radical (unpaired) electrons. The maximum Gasteiger partial charge on any atom is 0.0998 e. The summed E-state index contributed by atoms with van der Waals surface area (Å²) >= 11 is 18.2. The van der Waals surface area contributed by atoms with Gasteiger partial charge >= 0.3 is 0 Å². The second kappa shape index (κ2) is 7.60. The van der Waals surface area contributed by atoms with Crippen molar-refractivity contribution in [3.05, 3.63) is 86.1 Å². The van der Waals surface area contributed by atoms with Gasteiger partial charge in [-0.25, -0.2) is 0 Å². The third-order valence-corrected chi connectivity index (χ3v) is 5.00. The van der Waals surface area contributed by atoms with Crippen molar-refractivity contribution in [2.45, 2.75) is 13.8 Å². The van der Waals surface area contributed by atoms with E-state index in [1.54, 1.807) is 18.2 Å². The molecule has 1 aromatic heterocycles. The maximum atomic E-state index is 9.62. The number of rotatable bonds is 3. The van der Waals surface area contributed by atoms with Crippen molar-refractivity contribution >= 4 is 46.5 Å². The molecule has 0 amide bonds. The Hall–Kier alpha value is -2.18. The molecule has 0 spiro atoms. The molecule has 0 bridgehead atoms. The number of allylic oxidation sites excluding steroid dienone is 1. The molecule has 0 saturated carbocycles. The Kier molecular flexibility index (Phi) is 5.44. The van der Waals surface area contributed by atoms with E-state index in [0.29, 0.717) is 26.2 Å². The summed E-state index contributed by atoms with van der Waals surface area (Å²) in [4.78, 5) is 0. The predicted octanol–water partition coefficient (Wildman–Crippen LogP) is 7.12. The lowest BCUT2D eigenvalue weighted by Gasteiger charge is -2.10. The molecule has 26 heavy (non-hydrogen) atoms. The molecule has 0 saturated heterocycles. The number of nitriles is 1. The Labute approximate surface area is 167 Å². The van der Waals surface area contributed by atoms with E-state index < -0.39 is 0 Å². The van der Waals surface area contributed by atoms with Crippen molar-refractivity contribution in [3.8, 4) is 11.8 Å². The minimum Gasteiger partial charge on any atom is -0.318 e. The van der Waals surface area contributed by atoms with Gasteiger partial charge in [0, 0.05) is 32.7 Å². The number of hydrogen-bond acceptors (Lipinski definition) is 1. The molecule has 2 nitrogen and oxygen atoms in total. The molecule has 3 rings (SSSR count). The smallest absolute Gasteiger partial charge is 0.0998 e. The van der Waals surface area contributed by atoms with E-state index in [0.717, 1.165) is 22.6 Å². The van der Waals surface area contributed by atoms with Crippen LogP contribution >= 0.6 is 34.8 Å². The molecule has 0 atom stereocenters. The van der Waals surface area contributed by atoms with E-state index >= 15 is 0 Å². The molecule has 0 aliphatic carbocycles. The molecule has 0 aliphatic heterocycles. The summed E-state index contributed by atoms with van der Waals surface area (Å²) in [6.45, 7) is 4.05. The van der Waals surface area contributed by atoms with Crippen LogP contribution in [0, 0.1) is 25.2 Å². The molecule has 0 unspecified atom stereocenters. The van der Waals surface area contributed by atoms with Crippen molar-refractivity contribution < 1.29 is 0 Å². The number of nitrogens with zero attached hydrogens (tertiary/aromatic N) is 2. The monoisotopic (exact) mass is 400 g/mol. The van der Waals surface area contributed by atoms with E-state index in [9.17, 15) is 5.26 Å². The second-order valence-corrected chi connectivity index (χ2v) is 7.21. The van der Waals surface area contributed by atoms with Gasteiger partial charge in [0.15, 0.2) is 0 Å². The Balaban J connectivity index is 2.09. The molecule has 0 aliphatic rings. The average Bonchev–Trinajstić information content (AvgIpc) is 2.88. The zero-order valence-corrected chi connectivity index (χ0v) is 16.5. The van der Waals surface area contributed by atoms with Crippen LogP contribution in [0.2, 0.25) is 15.1 Å². The fourth-order valence-corrected chi connectivity index (χ4v) is 3.59. The molecule has 2 aromatic carbocycles. The number of halogens is 3. The van der Waals surface area contributed by atoms with Crippen LogP contribution in [-0.2, 0) is 0 Å². The quantitative estimate of drug-likeness (QED) is 0.429. The van der Waals surface area contributed by atoms with Gasteiger partial charge in [0.1, 0.15) is 0 Å². The van der Waals surface area contributed by atoms with Gasteiger partial charge in [-0.3, -0.25) is 0 Å². The molecule has 0 fully saturated rings. The molecule has 1 heterocycles. The van der Waals surface area contributed by atoms with Crippen LogP contribution in [0.25, 0.3) is 17.3 Å². The van der Waals surface area contributed by atoms with Gasteiger partial charge < -0.3 is 4.57 Å². The van der Waals surface area contributed by atoms with Gasteiger partial charge in [-0.2, -0.15) is 5.26 Å². The third kappa shape index (κ3) is 3.66. The Bertz CT molecular complexity index is 1040.